The van der Waals surface area contributed by atoms with E-state index in [0.717, 1.165) is 68.2 Å². The fourth-order valence-corrected chi connectivity index (χ4v) is 3.87. The molecule has 0 unspecified atom stereocenters. The van der Waals surface area contributed by atoms with Gasteiger partial charge in [-0.15, -0.1) is 0 Å². The highest BCUT2D eigenvalue weighted by Crippen LogP contribution is 2.19. The molecule has 0 bridgehead atoms. The summed E-state index contributed by atoms with van der Waals surface area (Å²) in [5, 5.41) is 9.30. The van der Waals surface area contributed by atoms with Crippen molar-refractivity contribution in [1.29, 1.82) is 5.26 Å². The van der Waals surface area contributed by atoms with E-state index in [1.165, 1.54) is 11.1 Å². The Balaban J connectivity index is 1.70. The van der Waals surface area contributed by atoms with E-state index in [1.54, 1.807) is 0 Å². The van der Waals surface area contributed by atoms with Crippen molar-refractivity contribution < 1.29 is 4.74 Å². The predicted octanol–water partition coefficient (Wildman–Crippen LogP) is 3.58. The van der Waals surface area contributed by atoms with Gasteiger partial charge in [0.15, 0.2) is 5.69 Å². The van der Waals surface area contributed by atoms with Crippen molar-refractivity contribution in [2.24, 2.45) is 0 Å². The van der Waals surface area contributed by atoms with E-state index in [4.69, 9.17) is 4.74 Å². The molecule has 1 aromatic heterocycles. The number of nitriles is 1. The molecule has 26 heavy (non-hydrogen) atoms. The van der Waals surface area contributed by atoms with Gasteiger partial charge in [0.1, 0.15) is 15.6 Å². The molecule has 0 spiro atoms. The second-order valence-corrected chi connectivity index (χ2v) is 7.70. The third kappa shape index (κ3) is 4.84. The molecule has 2 aromatic rings. The van der Waals surface area contributed by atoms with Crippen LogP contribution in [0.1, 0.15) is 42.4 Å². The van der Waals surface area contributed by atoms with Crippen LogP contribution in [0.4, 0.5) is 0 Å². The minimum atomic E-state index is 0.542. The largest absolute Gasteiger partial charge is 0.379 e. The Morgan fingerprint density at radius 3 is 2.42 bits per heavy atom. The van der Waals surface area contributed by atoms with Crippen LogP contribution in [-0.4, -0.2) is 40.8 Å². The van der Waals surface area contributed by atoms with Crippen LogP contribution in [0.25, 0.3) is 0 Å². The monoisotopic (exact) mass is 464 g/mol. The smallest absolute Gasteiger partial charge is 0.172 e. The van der Waals surface area contributed by atoms with Crippen LogP contribution < -0.4 is 0 Å². The Morgan fingerprint density at radius 2 is 1.81 bits per heavy atom. The summed E-state index contributed by atoms with van der Waals surface area (Å²) in [5.41, 5.74) is 3.12. The van der Waals surface area contributed by atoms with Crippen molar-refractivity contribution in [3.05, 3.63) is 50.6 Å². The van der Waals surface area contributed by atoms with Gasteiger partial charge >= 0.3 is 0 Å². The molecule has 1 saturated heterocycles. The zero-order chi connectivity index (χ0) is 18.4. The highest BCUT2D eigenvalue weighted by molar-refractivity contribution is 14.1. The van der Waals surface area contributed by atoms with Crippen molar-refractivity contribution in [1.82, 2.24) is 14.5 Å². The van der Waals surface area contributed by atoms with Crippen LogP contribution in [0, 0.1) is 15.0 Å². The second-order valence-electron chi connectivity index (χ2n) is 6.67. The van der Waals surface area contributed by atoms with Crippen LogP contribution in [0.5, 0.6) is 0 Å². The Labute approximate surface area is 169 Å². The van der Waals surface area contributed by atoms with Crippen molar-refractivity contribution in [3.8, 4) is 6.07 Å². The van der Waals surface area contributed by atoms with Gasteiger partial charge in [0.25, 0.3) is 0 Å². The highest BCUT2D eigenvalue weighted by Gasteiger charge is 2.15. The first-order valence-corrected chi connectivity index (χ1v) is 10.3. The van der Waals surface area contributed by atoms with E-state index in [0.29, 0.717) is 5.69 Å². The van der Waals surface area contributed by atoms with Crippen LogP contribution in [-0.2, 0) is 24.2 Å². The number of ether oxygens (including phenoxy) is 1. The molecule has 1 aliphatic rings. The van der Waals surface area contributed by atoms with E-state index in [9.17, 15) is 5.26 Å². The van der Waals surface area contributed by atoms with Crippen LogP contribution in [0.15, 0.2) is 24.3 Å². The Hall–Kier alpha value is -1.43. The summed E-state index contributed by atoms with van der Waals surface area (Å²) in [6.07, 6.45) is 3.14. The number of rotatable bonds is 7. The van der Waals surface area contributed by atoms with E-state index in [-0.39, 0.29) is 0 Å². The summed E-state index contributed by atoms with van der Waals surface area (Å²) in [6, 6.07) is 11.0. The molecule has 138 valence electrons. The van der Waals surface area contributed by atoms with E-state index < -0.39 is 0 Å². The molecule has 0 amide bonds. The summed E-state index contributed by atoms with van der Waals surface area (Å²) >= 11 is 2.24. The first-order valence-electron chi connectivity index (χ1n) is 9.24. The summed E-state index contributed by atoms with van der Waals surface area (Å²) < 4.78 is 8.54. The van der Waals surface area contributed by atoms with Crippen molar-refractivity contribution in [2.75, 3.05) is 26.3 Å². The Bertz CT molecular complexity index is 757. The van der Waals surface area contributed by atoms with Crippen LogP contribution in [0.3, 0.4) is 0 Å². The first-order chi connectivity index (χ1) is 12.7. The lowest BCUT2D eigenvalue weighted by atomic mass is 10.1. The summed E-state index contributed by atoms with van der Waals surface area (Å²) in [4.78, 5) is 6.96. The molecule has 0 atom stereocenters. The maximum atomic E-state index is 9.30. The lowest BCUT2D eigenvalue weighted by Crippen LogP contribution is -2.35. The van der Waals surface area contributed by atoms with Crippen molar-refractivity contribution in [3.63, 3.8) is 0 Å². The Kier molecular flexibility index (Phi) is 7.06. The van der Waals surface area contributed by atoms with Gasteiger partial charge in [0.2, 0.25) is 0 Å². The summed E-state index contributed by atoms with van der Waals surface area (Å²) in [7, 11) is 0. The SMILES string of the molecule is CCCCc1nc(C#N)c(I)n1Cc1ccc(CN2CCOCC2)cc1. The molecule has 0 N–H and O–H groups in total. The number of hydrogen-bond acceptors (Lipinski definition) is 4. The lowest BCUT2D eigenvalue weighted by molar-refractivity contribution is 0.0342. The number of halogens is 1. The van der Waals surface area contributed by atoms with E-state index in [2.05, 4.69) is 74.3 Å². The number of nitrogens with zero attached hydrogens (tertiary/aromatic N) is 4. The number of aromatic nitrogens is 2. The van der Waals surface area contributed by atoms with Gasteiger partial charge < -0.3 is 9.30 Å². The average Bonchev–Trinajstić information content (AvgIpc) is 2.97. The first kappa shape index (κ1) is 19.3. The molecule has 1 aromatic carbocycles. The van der Waals surface area contributed by atoms with Crippen molar-refractivity contribution in [2.45, 2.75) is 39.3 Å². The van der Waals surface area contributed by atoms with Gasteiger partial charge in [0, 0.05) is 32.6 Å². The van der Waals surface area contributed by atoms with Gasteiger partial charge in [0.05, 0.1) is 13.2 Å². The standard InChI is InChI=1S/C20H25IN4O/c1-2-3-4-19-23-18(13-22)20(21)25(19)15-17-7-5-16(6-8-17)14-24-9-11-26-12-10-24/h5-8H,2-4,9-12,14-15H2,1H3. The quantitative estimate of drug-likeness (QED) is 0.588. The van der Waals surface area contributed by atoms with Gasteiger partial charge in [-0.05, 0) is 40.1 Å². The molecule has 5 nitrogen and oxygen atoms in total. The molecular weight excluding hydrogens is 439 g/mol. The number of morpholine rings is 1. The fraction of sp³-hybridized carbons (Fsp3) is 0.500. The summed E-state index contributed by atoms with van der Waals surface area (Å²) in [5.74, 6) is 1.02. The maximum absolute atomic E-state index is 9.30. The number of imidazole rings is 1. The molecule has 0 aliphatic carbocycles. The molecule has 1 aliphatic heterocycles. The van der Waals surface area contributed by atoms with Gasteiger partial charge in [-0.1, -0.05) is 37.6 Å². The summed E-state index contributed by atoms with van der Waals surface area (Å²) in [6.45, 7) is 7.60. The van der Waals surface area contributed by atoms with E-state index >= 15 is 0 Å². The molecule has 2 heterocycles. The molecule has 6 heteroatoms. The lowest BCUT2D eigenvalue weighted by Gasteiger charge is -2.26. The molecule has 0 radical (unpaired) electrons. The van der Waals surface area contributed by atoms with Crippen LogP contribution >= 0.6 is 22.6 Å². The predicted molar refractivity (Wildman–Crippen MR) is 110 cm³/mol. The number of hydrogen-bond donors (Lipinski definition) is 0. The van der Waals surface area contributed by atoms with Crippen LogP contribution in [0.2, 0.25) is 0 Å². The number of aryl methyl sites for hydroxylation is 1. The molecule has 3 rings (SSSR count). The Morgan fingerprint density at radius 1 is 1.15 bits per heavy atom. The van der Waals surface area contributed by atoms with Gasteiger partial charge in [-0.25, -0.2) is 4.98 Å². The minimum Gasteiger partial charge on any atom is -0.379 e. The minimum absolute atomic E-state index is 0.542. The van der Waals surface area contributed by atoms with Gasteiger partial charge in [-0.2, -0.15) is 5.26 Å². The van der Waals surface area contributed by atoms with Crippen molar-refractivity contribution >= 4 is 22.6 Å². The van der Waals surface area contributed by atoms with E-state index in [1.807, 2.05) is 0 Å². The third-order valence-corrected chi connectivity index (χ3v) is 5.81. The normalized spacial score (nSPS) is 15.1. The fourth-order valence-electron chi connectivity index (χ4n) is 3.18. The maximum Gasteiger partial charge on any atom is 0.172 e. The zero-order valence-electron chi connectivity index (χ0n) is 15.2. The average molecular weight is 464 g/mol. The van der Waals surface area contributed by atoms with Gasteiger partial charge in [-0.3, -0.25) is 4.90 Å². The number of benzene rings is 1. The number of unbranched alkanes of at least 4 members (excludes halogenated alkanes) is 1. The second kappa shape index (κ2) is 9.49. The highest BCUT2D eigenvalue weighted by atomic mass is 127. The zero-order valence-corrected chi connectivity index (χ0v) is 17.4. The molecule has 0 saturated carbocycles. The topological polar surface area (TPSA) is 54.1 Å². The third-order valence-electron chi connectivity index (χ3n) is 4.72. The molecular formula is C20H25IN4O. The molecule has 1 fully saturated rings.